The van der Waals surface area contributed by atoms with Gasteiger partial charge in [-0.3, -0.25) is 28.8 Å². The summed E-state index contributed by atoms with van der Waals surface area (Å²) in [7, 11) is 0. The topological polar surface area (TPSA) is 289 Å². The van der Waals surface area contributed by atoms with E-state index < -0.39 is 97.5 Å². The highest BCUT2D eigenvalue weighted by Gasteiger charge is 2.33. The summed E-state index contributed by atoms with van der Waals surface area (Å²) in [6.07, 6.45) is -4.26. The number of hydrogen-bond acceptors (Lipinski definition) is 9. The predicted octanol–water partition coefficient (Wildman–Crippen LogP) is -4.55. The fourth-order valence-corrected chi connectivity index (χ4v) is 2.42. The van der Waals surface area contributed by atoms with Gasteiger partial charge in [0.2, 0.25) is 23.6 Å². The van der Waals surface area contributed by atoms with Crippen molar-refractivity contribution in [2.24, 2.45) is 11.5 Å². The lowest BCUT2D eigenvalue weighted by molar-refractivity contribution is -0.145. The van der Waals surface area contributed by atoms with Crippen LogP contribution in [-0.4, -0.2) is 92.2 Å². The molecule has 5 atom stereocenters. The number of aliphatic hydroxyl groups is 1. The van der Waals surface area contributed by atoms with Crippen molar-refractivity contribution in [1.82, 2.24) is 16.0 Å². The van der Waals surface area contributed by atoms with Gasteiger partial charge in [0.15, 0.2) is 0 Å². The minimum absolute atomic E-state index is 0.494. The van der Waals surface area contributed by atoms with Crippen LogP contribution in [0.2, 0.25) is 0 Å². The second kappa shape index (κ2) is 13.6. The molecule has 0 aliphatic heterocycles. The quantitative estimate of drug-likeness (QED) is 0.108. The van der Waals surface area contributed by atoms with Crippen molar-refractivity contribution in [3.63, 3.8) is 0 Å². The molecule has 16 nitrogen and oxygen atoms in total. The highest BCUT2D eigenvalue weighted by atomic mass is 16.4. The molecule has 0 bridgehead atoms. The molecule has 0 fully saturated rings. The third-order valence-corrected chi connectivity index (χ3v) is 4.09. The maximum atomic E-state index is 12.5. The largest absolute Gasteiger partial charge is 0.481 e. The van der Waals surface area contributed by atoms with E-state index in [2.05, 4.69) is 0 Å². The Morgan fingerprint density at radius 3 is 1.76 bits per heavy atom. The average Bonchev–Trinajstić information content (AvgIpc) is 2.66. The summed E-state index contributed by atoms with van der Waals surface area (Å²) in [5.74, 6) is -8.89. The van der Waals surface area contributed by atoms with Crippen LogP contribution in [0.5, 0.6) is 0 Å². The zero-order valence-corrected chi connectivity index (χ0v) is 17.5. The summed E-state index contributed by atoms with van der Waals surface area (Å²) in [5, 5.41) is 42.6. The fraction of sp³-hybridized carbons (Fsp3) is 0.588. The van der Waals surface area contributed by atoms with Gasteiger partial charge in [-0.15, -0.1) is 0 Å². The number of aliphatic carboxylic acids is 3. The van der Waals surface area contributed by atoms with Crippen molar-refractivity contribution >= 4 is 41.5 Å². The number of hydrogen-bond donors (Lipinski definition) is 9. The summed E-state index contributed by atoms with van der Waals surface area (Å²) in [6.45, 7) is 1.06. The molecule has 0 radical (unpaired) electrons. The molecular weight excluding hydrogens is 450 g/mol. The molecule has 4 amide bonds. The first-order chi connectivity index (χ1) is 15.1. The molecule has 186 valence electrons. The number of carbonyl (C=O) groups excluding carboxylic acids is 4. The molecule has 0 saturated carbocycles. The summed E-state index contributed by atoms with van der Waals surface area (Å²) in [4.78, 5) is 80.7. The Labute approximate surface area is 186 Å². The van der Waals surface area contributed by atoms with E-state index in [0.29, 0.717) is 0 Å². The van der Waals surface area contributed by atoms with Crippen molar-refractivity contribution in [2.75, 3.05) is 0 Å². The Bertz CT molecular complexity index is 785. The summed E-state index contributed by atoms with van der Waals surface area (Å²) in [6, 6.07) is -6.73. The number of carboxylic acid groups (broad SMARTS) is 3. The average molecular weight is 477 g/mol. The van der Waals surface area contributed by atoms with Gasteiger partial charge in [0, 0.05) is 6.42 Å². The maximum absolute atomic E-state index is 12.5. The predicted molar refractivity (Wildman–Crippen MR) is 106 cm³/mol. The van der Waals surface area contributed by atoms with Crippen LogP contribution in [0.3, 0.4) is 0 Å². The number of primary amides is 1. The number of aliphatic hydroxyl groups excluding tert-OH is 1. The molecule has 0 rings (SSSR count). The van der Waals surface area contributed by atoms with Crippen LogP contribution in [0, 0.1) is 0 Å². The van der Waals surface area contributed by atoms with E-state index in [-0.39, 0.29) is 0 Å². The number of nitrogens with two attached hydrogens (primary N) is 2. The minimum Gasteiger partial charge on any atom is -0.481 e. The van der Waals surface area contributed by atoms with Crippen molar-refractivity contribution in [1.29, 1.82) is 0 Å². The number of amides is 4. The zero-order valence-electron chi connectivity index (χ0n) is 17.5. The molecule has 0 aliphatic carbocycles. The van der Waals surface area contributed by atoms with Gasteiger partial charge in [-0.05, 0) is 13.3 Å². The van der Waals surface area contributed by atoms with Crippen LogP contribution < -0.4 is 27.4 Å². The van der Waals surface area contributed by atoms with Gasteiger partial charge >= 0.3 is 17.9 Å². The van der Waals surface area contributed by atoms with Gasteiger partial charge in [0.05, 0.1) is 25.0 Å². The number of nitrogens with one attached hydrogen (secondary N) is 3. The zero-order chi connectivity index (χ0) is 25.9. The van der Waals surface area contributed by atoms with Crippen LogP contribution in [0.4, 0.5) is 0 Å². The van der Waals surface area contributed by atoms with Crippen LogP contribution in [0.1, 0.15) is 32.6 Å². The third kappa shape index (κ3) is 11.4. The third-order valence-electron chi connectivity index (χ3n) is 4.09. The van der Waals surface area contributed by atoms with E-state index in [1.807, 2.05) is 16.0 Å². The Kier molecular flexibility index (Phi) is 12.0. The molecule has 16 heteroatoms. The molecule has 0 aromatic carbocycles. The smallest absolute Gasteiger partial charge is 0.326 e. The highest BCUT2D eigenvalue weighted by Crippen LogP contribution is 2.03. The van der Waals surface area contributed by atoms with Crippen LogP contribution in [0.25, 0.3) is 0 Å². The van der Waals surface area contributed by atoms with E-state index in [0.717, 1.165) is 6.92 Å². The minimum atomic E-state index is -1.79. The van der Waals surface area contributed by atoms with Crippen molar-refractivity contribution in [3.8, 4) is 0 Å². The van der Waals surface area contributed by atoms with E-state index in [4.69, 9.17) is 26.8 Å². The second-order valence-electron chi connectivity index (χ2n) is 6.99. The fourth-order valence-electron chi connectivity index (χ4n) is 2.42. The van der Waals surface area contributed by atoms with Gasteiger partial charge < -0.3 is 47.8 Å². The molecule has 0 spiro atoms. The summed E-state index contributed by atoms with van der Waals surface area (Å²) >= 11 is 0. The van der Waals surface area contributed by atoms with Crippen LogP contribution in [-0.2, 0) is 33.6 Å². The van der Waals surface area contributed by atoms with E-state index in [9.17, 15) is 38.7 Å². The Balaban J connectivity index is 5.45. The lowest BCUT2D eigenvalue weighted by atomic mass is 10.1. The molecule has 0 saturated heterocycles. The van der Waals surface area contributed by atoms with Crippen LogP contribution >= 0.6 is 0 Å². The normalized spacial score (nSPS) is 15.1. The van der Waals surface area contributed by atoms with Crippen molar-refractivity contribution in [3.05, 3.63) is 0 Å². The van der Waals surface area contributed by atoms with E-state index >= 15 is 0 Å². The monoisotopic (exact) mass is 477 g/mol. The first kappa shape index (κ1) is 29.2. The number of rotatable bonds is 15. The molecule has 33 heavy (non-hydrogen) atoms. The Hall–Kier alpha value is -3.79. The number of carboxylic acids is 3. The SMILES string of the molecule is CC(O)C(NC(=O)C(CC(=O)O)NC(=O)C(N)CC(N)=O)C(=O)NC(CCC(=O)O)C(=O)O. The lowest BCUT2D eigenvalue weighted by Crippen LogP contribution is -2.60. The Morgan fingerprint density at radius 2 is 1.33 bits per heavy atom. The van der Waals surface area contributed by atoms with E-state index in [1.165, 1.54) is 0 Å². The van der Waals surface area contributed by atoms with Gasteiger partial charge in [0.25, 0.3) is 0 Å². The maximum Gasteiger partial charge on any atom is 0.326 e. The van der Waals surface area contributed by atoms with Gasteiger partial charge in [-0.1, -0.05) is 0 Å². The standard InChI is InChI=1S/C17H27N5O11/c1-6(23)13(16(31)20-8(17(32)33)2-3-11(25)26)22-15(30)9(5-12(27)28)21-14(29)7(18)4-10(19)24/h6-9,13,23H,2-5,18H2,1H3,(H2,19,24)(H,20,31)(H,21,29)(H,22,30)(H,25,26)(H,27,28)(H,32,33). The highest BCUT2D eigenvalue weighted by molar-refractivity contribution is 5.96. The van der Waals surface area contributed by atoms with Crippen molar-refractivity contribution < 1.29 is 54.0 Å². The van der Waals surface area contributed by atoms with Gasteiger partial charge in [-0.25, -0.2) is 4.79 Å². The second-order valence-corrected chi connectivity index (χ2v) is 6.99. The summed E-state index contributed by atoms with van der Waals surface area (Å²) in [5.41, 5.74) is 10.3. The molecule has 5 unspecified atom stereocenters. The number of carbonyl (C=O) groups is 7. The lowest BCUT2D eigenvalue weighted by Gasteiger charge is -2.26. The van der Waals surface area contributed by atoms with Crippen LogP contribution in [0.15, 0.2) is 0 Å². The molecule has 0 aliphatic rings. The van der Waals surface area contributed by atoms with Gasteiger partial charge in [-0.2, -0.15) is 0 Å². The molecule has 0 aromatic rings. The van der Waals surface area contributed by atoms with Crippen molar-refractivity contribution in [2.45, 2.75) is 62.9 Å². The molecule has 11 N–H and O–H groups in total. The first-order valence-corrected chi connectivity index (χ1v) is 9.45. The van der Waals surface area contributed by atoms with E-state index in [1.54, 1.807) is 0 Å². The molecule has 0 aromatic heterocycles. The first-order valence-electron chi connectivity index (χ1n) is 9.45. The Morgan fingerprint density at radius 1 is 0.788 bits per heavy atom. The summed E-state index contributed by atoms with van der Waals surface area (Å²) < 4.78 is 0. The molecular formula is C17H27N5O11. The molecule has 0 heterocycles. The van der Waals surface area contributed by atoms with Gasteiger partial charge in [0.1, 0.15) is 18.1 Å².